The van der Waals surface area contributed by atoms with Crippen LogP contribution in [-0.4, -0.2) is 18.0 Å². The third-order valence-corrected chi connectivity index (χ3v) is 12.9. The van der Waals surface area contributed by atoms with E-state index in [2.05, 4.69) is 158 Å². The van der Waals surface area contributed by atoms with E-state index in [-0.39, 0.29) is 25.5 Å². The Labute approximate surface area is 330 Å². The van der Waals surface area contributed by atoms with E-state index in [0.717, 1.165) is 28.9 Å². The minimum atomic E-state index is -1.37. The van der Waals surface area contributed by atoms with Crippen molar-refractivity contribution in [1.29, 1.82) is 0 Å². The van der Waals surface area contributed by atoms with E-state index in [1.165, 1.54) is 47.6 Å². The van der Waals surface area contributed by atoms with Gasteiger partial charge in [0.15, 0.2) is 0 Å². The molecule has 1 atom stereocenters. The summed E-state index contributed by atoms with van der Waals surface area (Å²) >= 11 is 1.84. The number of benzene rings is 4. The van der Waals surface area contributed by atoms with Crippen LogP contribution in [0.1, 0.15) is 58.6 Å². The monoisotopic (exact) mass is 895 g/mol. The van der Waals surface area contributed by atoms with Crippen LogP contribution in [0.5, 0.6) is 0 Å². The van der Waals surface area contributed by atoms with E-state index in [9.17, 15) is 0 Å². The first-order valence-corrected chi connectivity index (χ1v) is 22.5. The Morgan fingerprint density at radius 1 is 0.731 bits per heavy atom. The molecule has 1 radical (unpaired) electrons. The summed E-state index contributed by atoms with van der Waals surface area (Å²) in [5.74, 6) is 1.10. The van der Waals surface area contributed by atoms with Crippen molar-refractivity contribution in [2.24, 2.45) is 11.3 Å². The molecule has 7 aromatic rings. The van der Waals surface area contributed by atoms with Crippen molar-refractivity contribution >= 4 is 44.8 Å². The predicted octanol–water partition coefficient (Wildman–Crippen LogP) is 13.0. The van der Waals surface area contributed by atoms with Crippen LogP contribution in [-0.2, 0) is 26.5 Å². The van der Waals surface area contributed by atoms with Gasteiger partial charge < -0.3 is 9.97 Å². The Hall–Kier alpha value is -3.73. The van der Waals surface area contributed by atoms with Gasteiger partial charge in [0, 0.05) is 37.2 Å². The van der Waals surface area contributed by atoms with Gasteiger partial charge in [-0.1, -0.05) is 132 Å². The van der Waals surface area contributed by atoms with Crippen molar-refractivity contribution in [2.75, 3.05) is 0 Å². The first-order valence-electron chi connectivity index (χ1n) is 18.1. The molecule has 0 amide bonds. The molecule has 0 saturated carbocycles. The average molecular weight is 895 g/mol. The maximum atomic E-state index is 4.71. The second-order valence-electron chi connectivity index (χ2n) is 16.3. The van der Waals surface area contributed by atoms with Gasteiger partial charge in [-0.25, -0.2) is 0 Å². The van der Waals surface area contributed by atoms with Crippen LogP contribution < -0.4 is 5.19 Å². The number of thiophene rings is 1. The minimum Gasteiger partial charge on any atom is -0.305 e. The van der Waals surface area contributed by atoms with Crippen LogP contribution in [0, 0.1) is 23.5 Å². The number of pyridine rings is 2. The van der Waals surface area contributed by atoms with Crippen LogP contribution >= 0.6 is 11.3 Å². The van der Waals surface area contributed by atoms with E-state index in [1.807, 2.05) is 41.8 Å². The second kappa shape index (κ2) is 16.5. The van der Waals surface area contributed by atoms with Crippen molar-refractivity contribution in [3.05, 3.63) is 139 Å². The Morgan fingerprint density at radius 3 is 2.15 bits per heavy atom. The number of hydrogen-bond acceptors (Lipinski definition) is 3. The summed E-state index contributed by atoms with van der Waals surface area (Å²) in [6.45, 7) is 20.9. The normalized spacial score (nSPS) is 12.3. The molecule has 7 rings (SSSR count). The van der Waals surface area contributed by atoms with Gasteiger partial charge >= 0.3 is 0 Å². The number of fused-ring (bicyclic) bond motifs is 3. The molecule has 0 spiro atoms. The van der Waals surface area contributed by atoms with Crippen LogP contribution in [0.4, 0.5) is 0 Å². The van der Waals surface area contributed by atoms with Crippen molar-refractivity contribution in [2.45, 2.75) is 73.5 Å². The zero-order chi connectivity index (χ0) is 36.3. The molecule has 0 N–H and O–H groups in total. The molecule has 2 nitrogen and oxygen atoms in total. The second-order valence-corrected chi connectivity index (χ2v) is 22.4. The molecule has 3 aromatic heterocycles. The van der Waals surface area contributed by atoms with Crippen molar-refractivity contribution in [3.8, 4) is 33.6 Å². The summed E-state index contributed by atoms with van der Waals surface area (Å²) < 4.78 is 2.57. The topological polar surface area (TPSA) is 25.8 Å². The molecule has 5 heteroatoms. The Kier molecular flexibility index (Phi) is 12.5. The molecular formula is C47H50IrN2SSi-2. The summed E-state index contributed by atoms with van der Waals surface area (Å²) in [5.41, 5.74) is 9.83. The molecule has 0 fully saturated rings. The van der Waals surface area contributed by atoms with Gasteiger partial charge in [0.05, 0.1) is 8.07 Å². The Balaban J connectivity index is 0.000000210. The molecule has 269 valence electrons. The third-order valence-electron chi connectivity index (χ3n) is 9.61. The van der Waals surface area contributed by atoms with Gasteiger partial charge in [0.25, 0.3) is 0 Å². The van der Waals surface area contributed by atoms with E-state index in [0.29, 0.717) is 11.8 Å². The van der Waals surface area contributed by atoms with Gasteiger partial charge in [-0.2, -0.15) is 11.3 Å². The van der Waals surface area contributed by atoms with Crippen LogP contribution in [0.15, 0.2) is 116 Å². The zero-order valence-electron chi connectivity index (χ0n) is 32.0. The summed E-state index contributed by atoms with van der Waals surface area (Å²) in [6, 6.07) is 43.1. The van der Waals surface area contributed by atoms with Crippen LogP contribution in [0.3, 0.4) is 0 Å². The Morgan fingerprint density at radius 2 is 1.48 bits per heavy atom. The summed E-state index contributed by atoms with van der Waals surface area (Å²) in [4.78, 5) is 9.42. The predicted molar refractivity (Wildman–Crippen MR) is 225 cm³/mol. The number of hydrogen-bond donors (Lipinski definition) is 0. The van der Waals surface area contributed by atoms with Crippen LogP contribution in [0.25, 0.3) is 53.8 Å². The molecule has 52 heavy (non-hydrogen) atoms. The van der Waals surface area contributed by atoms with E-state index >= 15 is 0 Å². The molecule has 0 aliphatic rings. The van der Waals surface area contributed by atoms with Crippen molar-refractivity contribution < 1.29 is 20.1 Å². The molecule has 0 aliphatic heterocycles. The van der Waals surface area contributed by atoms with Gasteiger partial charge in [0.1, 0.15) is 0 Å². The summed E-state index contributed by atoms with van der Waals surface area (Å²) in [7, 11) is -1.37. The van der Waals surface area contributed by atoms with Crippen molar-refractivity contribution in [1.82, 2.24) is 9.97 Å². The quantitative estimate of drug-likeness (QED) is 0.118. The van der Waals surface area contributed by atoms with E-state index in [4.69, 9.17) is 9.97 Å². The average Bonchev–Trinajstić information content (AvgIpc) is 3.49. The number of rotatable bonds is 7. The molecule has 0 saturated heterocycles. The van der Waals surface area contributed by atoms with Gasteiger partial charge in [-0.3, -0.25) is 0 Å². The molecule has 3 heterocycles. The standard InChI is InChI=1S/C28H24NS.C19H26NSi.Ir/c1-18(2)19(3)21-14-15-29-26(16-21)25-11-7-10-24-23-13-12-22(17-27(23)30-28(24)25)20-8-5-4-6-9-20;1-19(2,3)13-16-12-17(15-10-8-7-9-11-15)20-14-18(16)21(4,5)6;/h4-10,12-19H,1-3H3;7-10,12,14H,13H2,1-6H3;/q2*-1;. The first kappa shape index (κ1) is 39.5. The molecule has 4 aromatic carbocycles. The maximum Gasteiger partial charge on any atom is 0.0798 e. The fourth-order valence-electron chi connectivity index (χ4n) is 6.58. The largest absolute Gasteiger partial charge is 0.305 e. The fraction of sp³-hybridized carbons (Fsp3) is 0.277. The minimum absolute atomic E-state index is 0. The van der Waals surface area contributed by atoms with Gasteiger partial charge in [0.2, 0.25) is 0 Å². The smallest absolute Gasteiger partial charge is 0.0798 e. The number of nitrogens with zero attached hydrogens (tertiary/aromatic N) is 2. The molecule has 0 bridgehead atoms. The van der Waals surface area contributed by atoms with E-state index in [1.54, 1.807) is 0 Å². The Bertz CT molecular complexity index is 2250. The summed E-state index contributed by atoms with van der Waals surface area (Å²) in [6.07, 6.45) is 5.15. The SMILES string of the molecule is CC(C)(C)Cc1cc(-c2[c-]cccc2)ncc1[Si](C)(C)C.CC(C)C(C)c1ccnc(-c2[c-]ccc3c2sc2cc(-c4ccccc4)ccc23)c1.[Ir]. The fourth-order valence-corrected chi connectivity index (χ4v) is 9.41. The number of aromatic nitrogens is 2. The maximum absolute atomic E-state index is 4.71. The van der Waals surface area contributed by atoms with E-state index < -0.39 is 8.07 Å². The molecular weight excluding hydrogens is 845 g/mol. The van der Waals surface area contributed by atoms with Gasteiger partial charge in [-0.05, 0) is 73.6 Å². The third kappa shape index (κ3) is 9.24. The first-order chi connectivity index (χ1) is 24.3. The molecule has 1 unspecified atom stereocenters. The zero-order valence-corrected chi connectivity index (χ0v) is 36.2. The summed E-state index contributed by atoms with van der Waals surface area (Å²) in [5, 5.41) is 4.07. The van der Waals surface area contributed by atoms with Gasteiger partial charge in [-0.15, -0.1) is 59.7 Å². The van der Waals surface area contributed by atoms with Crippen LogP contribution in [0.2, 0.25) is 19.6 Å². The van der Waals surface area contributed by atoms with Crippen molar-refractivity contribution in [3.63, 3.8) is 0 Å². The molecule has 0 aliphatic carbocycles.